The predicted octanol–water partition coefficient (Wildman–Crippen LogP) is 2.98. The van der Waals surface area contributed by atoms with Crippen molar-refractivity contribution in [3.8, 4) is 0 Å². The minimum absolute atomic E-state index is 0.120. The average molecular weight is 360 g/mol. The lowest BCUT2D eigenvalue weighted by molar-refractivity contribution is -0.126. The molecule has 0 bridgehead atoms. The highest BCUT2D eigenvalue weighted by Gasteiger charge is 2.35. The zero-order valence-electron chi connectivity index (χ0n) is 13.2. The number of hydrogen-bond acceptors (Lipinski definition) is 3. The van der Waals surface area contributed by atoms with Crippen LogP contribution < -0.4 is 10.3 Å². The van der Waals surface area contributed by atoms with E-state index in [1.807, 2.05) is 0 Å². The van der Waals surface area contributed by atoms with E-state index in [4.69, 9.17) is 11.6 Å². The molecule has 0 aliphatic carbocycles. The van der Waals surface area contributed by atoms with Crippen LogP contribution in [0.1, 0.15) is 12.0 Å². The normalized spacial score (nSPS) is 17.3. The van der Waals surface area contributed by atoms with Gasteiger partial charge in [-0.25, -0.2) is 9.82 Å². The molecule has 2 aromatic carbocycles. The number of anilines is 1. The van der Waals surface area contributed by atoms with Crippen molar-refractivity contribution in [3.05, 3.63) is 64.9 Å². The molecule has 1 saturated heterocycles. The van der Waals surface area contributed by atoms with Gasteiger partial charge in [-0.3, -0.25) is 9.59 Å². The third-order valence-corrected chi connectivity index (χ3v) is 4.14. The Kier molecular flexibility index (Phi) is 5.09. The van der Waals surface area contributed by atoms with Crippen LogP contribution in [-0.2, 0) is 9.59 Å². The van der Waals surface area contributed by atoms with Gasteiger partial charge in [0.05, 0.1) is 12.1 Å². The molecule has 0 aromatic heterocycles. The van der Waals surface area contributed by atoms with E-state index in [1.165, 1.54) is 18.3 Å². The third-order valence-electron chi connectivity index (χ3n) is 3.89. The standard InChI is InChI=1S/C18H15ClFN3O2/c19-14-3-7-16(8-4-14)23-11-13(9-17(23)24)18(25)22-21-10-12-1-5-15(20)6-2-12/h1-8,10,13H,9,11H2,(H,22,25)/b21-10-/t13-/m0/s1. The SMILES string of the molecule is O=C(N/N=C\c1ccc(F)cc1)[C@H]1CC(=O)N(c2ccc(Cl)cc2)C1. The monoisotopic (exact) mass is 359 g/mol. The van der Waals surface area contributed by atoms with E-state index in [9.17, 15) is 14.0 Å². The van der Waals surface area contributed by atoms with Gasteiger partial charge in [-0.2, -0.15) is 5.10 Å². The van der Waals surface area contributed by atoms with Crippen LogP contribution in [0.5, 0.6) is 0 Å². The average Bonchev–Trinajstić information content (AvgIpc) is 2.99. The summed E-state index contributed by atoms with van der Waals surface area (Å²) in [5.41, 5.74) is 3.79. The van der Waals surface area contributed by atoms with Crippen molar-refractivity contribution in [2.45, 2.75) is 6.42 Å². The minimum atomic E-state index is -0.478. The van der Waals surface area contributed by atoms with Crippen LogP contribution in [-0.4, -0.2) is 24.6 Å². The summed E-state index contributed by atoms with van der Waals surface area (Å²) in [5.74, 6) is -1.27. The molecule has 2 aromatic rings. The quantitative estimate of drug-likeness (QED) is 0.674. The van der Waals surface area contributed by atoms with E-state index < -0.39 is 5.92 Å². The van der Waals surface area contributed by atoms with Gasteiger partial charge >= 0.3 is 0 Å². The predicted molar refractivity (Wildman–Crippen MR) is 94.0 cm³/mol. The largest absolute Gasteiger partial charge is 0.312 e. The maximum atomic E-state index is 12.8. The second-order valence-electron chi connectivity index (χ2n) is 5.67. The fourth-order valence-electron chi connectivity index (χ4n) is 2.56. The Balaban J connectivity index is 1.59. The van der Waals surface area contributed by atoms with E-state index in [1.54, 1.807) is 41.3 Å². The van der Waals surface area contributed by atoms with Gasteiger partial charge in [-0.1, -0.05) is 23.7 Å². The second kappa shape index (κ2) is 7.44. The molecule has 0 unspecified atom stereocenters. The van der Waals surface area contributed by atoms with Crippen molar-refractivity contribution in [1.82, 2.24) is 5.43 Å². The molecule has 3 rings (SSSR count). The van der Waals surface area contributed by atoms with Crippen molar-refractivity contribution >= 4 is 35.3 Å². The molecule has 1 atom stereocenters. The van der Waals surface area contributed by atoms with Gasteiger partial charge in [0.15, 0.2) is 0 Å². The fraction of sp³-hybridized carbons (Fsp3) is 0.167. The molecule has 1 N–H and O–H groups in total. The van der Waals surface area contributed by atoms with Gasteiger partial charge < -0.3 is 4.90 Å². The number of halogens is 2. The van der Waals surface area contributed by atoms with Crippen molar-refractivity contribution < 1.29 is 14.0 Å². The topological polar surface area (TPSA) is 61.8 Å². The molecule has 1 heterocycles. The Morgan fingerprint density at radius 1 is 1.20 bits per heavy atom. The number of rotatable bonds is 4. The van der Waals surface area contributed by atoms with Crippen molar-refractivity contribution in [3.63, 3.8) is 0 Å². The maximum absolute atomic E-state index is 12.8. The smallest absolute Gasteiger partial charge is 0.245 e. The highest BCUT2D eigenvalue weighted by atomic mass is 35.5. The van der Waals surface area contributed by atoms with Gasteiger partial charge in [0.25, 0.3) is 0 Å². The third kappa shape index (κ3) is 4.22. The molecule has 1 aliphatic rings. The molecule has 5 nitrogen and oxygen atoms in total. The van der Waals surface area contributed by atoms with Gasteiger partial charge in [0.1, 0.15) is 5.82 Å². The van der Waals surface area contributed by atoms with E-state index in [0.29, 0.717) is 22.8 Å². The number of nitrogens with zero attached hydrogens (tertiary/aromatic N) is 2. The van der Waals surface area contributed by atoms with E-state index >= 15 is 0 Å². The highest BCUT2D eigenvalue weighted by Crippen LogP contribution is 2.26. The number of carbonyl (C=O) groups excluding carboxylic acids is 2. The highest BCUT2D eigenvalue weighted by molar-refractivity contribution is 6.30. The first-order valence-corrected chi connectivity index (χ1v) is 8.05. The molecule has 7 heteroatoms. The molecular formula is C18H15ClFN3O2. The molecule has 128 valence electrons. The lowest BCUT2D eigenvalue weighted by Crippen LogP contribution is -2.30. The summed E-state index contributed by atoms with van der Waals surface area (Å²) < 4.78 is 12.8. The van der Waals surface area contributed by atoms with Gasteiger partial charge in [-0.15, -0.1) is 0 Å². The van der Waals surface area contributed by atoms with Crippen LogP contribution in [0.25, 0.3) is 0 Å². The zero-order valence-corrected chi connectivity index (χ0v) is 13.9. The summed E-state index contributed by atoms with van der Waals surface area (Å²) in [7, 11) is 0. The van der Waals surface area contributed by atoms with Gasteiger partial charge in [-0.05, 0) is 42.0 Å². The number of benzene rings is 2. The first-order chi connectivity index (χ1) is 12.0. The second-order valence-corrected chi connectivity index (χ2v) is 6.10. The van der Waals surface area contributed by atoms with Gasteiger partial charge in [0.2, 0.25) is 11.8 Å². The van der Waals surface area contributed by atoms with Crippen LogP contribution >= 0.6 is 11.6 Å². The fourth-order valence-corrected chi connectivity index (χ4v) is 2.69. The van der Waals surface area contributed by atoms with Gasteiger partial charge in [0, 0.05) is 23.7 Å². The molecule has 25 heavy (non-hydrogen) atoms. The molecule has 1 aliphatic heterocycles. The lowest BCUT2D eigenvalue weighted by atomic mass is 10.1. The minimum Gasteiger partial charge on any atom is -0.312 e. The first-order valence-electron chi connectivity index (χ1n) is 7.67. The molecular weight excluding hydrogens is 345 g/mol. The number of hydrogen-bond donors (Lipinski definition) is 1. The molecule has 0 spiro atoms. The molecule has 0 saturated carbocycles. The first kappa shape index (κ1) is 17.1. The van der Waals surface area contributed by atoms with E-state index in [2.05, 4.69) is 10.5 Å². The number of amides is 2. The Morgan fingerprint density at radius 3 is 2.56 bits per heavy atom. The van der Waals surface area contributed by atoms with Crippen molar-refractivity contribution in [2.75, 3.05) is 11.4 Å². The van der Waals surface area contributed by atoms with Crippen LogP contribution in [0.15, 0.2) is 53.6 Å². The molecule has 0 radical (unpaired) electrons. The van der Waals surface area contributed by atoms with E-state index in [-0.39, 0.29) is 24.1 Å². The van der Waals surface area contributed by atoms with Crippen LogP contribution in [0, 0.1) is 11.7 Å². The molecule has 1 fully saturated rings. The van der Waals surface area contributed by atoms with Crippen molar-refractivity contribution in [2.24, 2.45) is 11.0 Å². The summed E-state index contributed by atoms with van der Waals surface area (Å²) in [6.07, 6.45) is 1.55. The zero-order chi connectivity index (χ0) is 17.8. The lowest BCUT2D eigenvalue weighted by Gasteiger charge is -2.16. The van der Waals surface area contributed by atoms with Crippen LogP contribution in [0.2, 0.25) is 5.02 Å². The molecule has 2 amide bonds. The van der Waals surface area contributed by atoms with E-state index in [0.717, 1.165) is 0 Å². The number of hydrazone groups is 1. The summed E-state index contributed by atoms with van der Waals surface area (Å²) in [6, 6.07) is 12.6. The summed E-state index contributed by atoms with van der Waals surface area (Å²) in [4.78, 5) is 25.9. The Morgan fingerprint density at radius 2 is 1.88 bits per heavy atom. The Bertz CT molecular complexity index is 806. The number of nitrogens with one attached hydrogen (secondary N) is 1. The van der Waals surface area contributed by atoms with Crippen LogP contribution in [0.3, 0.4) is 0 Å². The van der Waals surface area contributed by atoms with Crippen LogP contribution in [0.4, 0.5) is 10.1 Å². The number of carbonyl (C=O) groups is 2. The Labute approximate surface area is 149 Å². The summed E-state index contributed by atoms with van der Waals surface area (Å²) in [6.45, 7) is 0.290. The Hall–Kier alpha value is -2.73. The summed E-state index contributed by atoms with van der Waals surface area (Å²) >= 11 is 5.85. The maximum Gasteiger partial charge on any atom is 0.245 e. The van der Waals surface area contributed by atoms with Crippen molar-refractivity contribution in [1.29, 1.82) is 0 Å². The summed E-state index contributed by atoms with van der Waals surface area (Å²) in [5, 5.41) is 4.44.